The number of hydrazine groups is 1. The molecule has 4 amide bonds. The Bertz CT molecular complexity index is 2740. The average Bonchev–Trinajstić information content (AvgIpc) is 4.09. The molecule has 2 N–H and O–H groups in total. The zero-order valence-electron chi connectivity index (χ0n) is 41.9. The number of hydrogen-bond donors (Lipinski definition) is 2. The van der Waals surface area contributed by atoms with Gasteiger partial charge in [0.1, 0.15) is 12.1 Å². The Morgan fingerprint density at radius 1 is 1.11 bits per heavy atom. The number of nitrogens with zero attached hydrogens (tertiary/aromatic N) is 7. The van der Waals surface area contributed by atoms with Crippen LogP contribution in [0.4, 0.5) is 8.78 Å². The summed E-state index contributed by atoms with van der Waals surface area (Å²) in [4.78, 5) is 83.5. The summed E-state index contributed by atoms with van der Waals surface area (Å²) in [6.07, 6.45) is 0.528. The van der Waals surface area contributed by atoms with Crippen LogP contribution in [0.15, 0.2) is 41.9 Å². The van der Waals surface area contributed by atoms with E-state index in [1.54, 1.807) is 13.3 Å². The lowest BCUT2D eigenvalue weighted by Gasteiger charge is -2.41. The first-order valence-corrected chi connectivity index (χ1v) is 25.4. The molecule has 8 rings (SSSR count). The predicted molar refractivity (Wildman–Crippen MR) is 265 cm³/mol. The minimum absolute atomic E-state index is 0.0351. The number of ether oxygens (including phenoxy) is 2. The van der Waals surface area contributed by atoms with Crippen molar-refractivity contribution in [2.45, 2.75) is 123 Å². The number of aryl methyl sites for hydroxylation is 1. The molecular formula is C52H65F2N9O7S. The Morgan fingerprint density at radius 3 is 2.59 bits per heavy atom. The fourth-order valence-corrected chi connectivity index (χ4v) is 10.9. The summed E-state index contributed by atoms with van der Waals surface area (Å²) < 4.78 is 44.3. The smallest absolute Gasteiger partial charge is 0.324 e. The Hall–Kier alpha value is -5.81. The summed E-state index contributed by atoms with van der Waals surface area (Å²) in [7, 11) is 2.79. The van der Waals surface area contributed by atoms with Crippen molar-refractivity contribution in [1.29, 1.82) is 0 Å². The highest BCUT2D eigenvalue weighted by Gasteiger charge is 2.43. The van der Waals surface area contributed by atoms with E-state index in [1.807, 2.05) is 52.1 Å². The third kappa shape index (κ3) is 10.9. The molecule has 3 fully saturated rings. The van der Waals surface area contributed by atoms with Crippen LogP contribution < -0.4 is 10.7 Å². The van der Waals surface area contributed by atoms with Crippen LogP contribution in [-0.2, 0) is 52.8 Å². The maximum absolute atomic E-state index is 15.1. The number of fused-ring (bicyclic) bond motifs is 6. The summed E-state index contributed by atoms with van der Waals surface area (Å²) in [6.45, 7) is 14.8. The summed E-state index contributed by atoms with van der Waals surface area (Å²) in [5.74, 6) is 1.25. The van der Waals surface area contributed by atoms with Gasteiger partial charge in [-0.2, -0.15) is 0 Å². The van der Waals surface area contributed by atoms with Gasteiger partial charge in [-0.25, -0.2) is 19.2 Å². The lowest BCUT2D eigenvalue weighted by molar-refractivity contribution is -0.156. The topological polar surface area (TPSA) is 172 Å². The lowest BCUT2D eigenvalue weighted by Crippen LogP contribution is -2.62. The van der Waals surface area contributed by atoms with E-state index in [9.17, 15) is 24.0 Å². The number of halogens is 2. The fourth-order valence-electron chi connectivity index (χ4n) is 10.1. The van der Waals surface area contributed by atoms with Gasteiger partial charge in [-0.1, -0.05) is 25.8 Å². The number of methoxy groups -OCH3 is 1. The standard InChI is InChI=1S/C52H65F2N9O7S/c1-9-62-40-16-15-32-25-35(40)36(44(62)34-13-10-20-55-43(34)31(2)69-8)27-51(3,4)30-70-50(68)37-14-11-23-63(58-37)49(67)38(26-41-56-39(32)29-71-41)57-47(65)45(46(53)54)59(7)48(66)33-18-24-60(28-33)42(64)17-19-52(5,6)61-21-12-22-61/h10,13,15-16,20,25,29,31,33,37-38,45-46,58H,9,11-12,14,18,21-24,26-28,30H2,1-8H3,(H,57,65)/t31-,33-,37-,38-,45-/m0/s1. The van der Waals surface area contributed by atoms with E-state index < -0.39 is 71.0 Å². The van der Waals surface area contributed by atoms with Gasteiger partial charge < -0.3 is 29.2 Å². The van der Waals surface area contributed by atoms with Crippen LogP contribution in [0.25, 0.3) is 33.4 Å². The number of esters is 1. The Balaban J connectivity index is 1.09. The number of pyridine rings is 1. The second-order valence-electron chi connectivity index (χ2n) is 20.4. The molecule has 3 aromatic heterocycles. The van der Waals surface area contributed by atoms with E-state index in [2.05, 4.69) is 57.2 Å². The van der Waals surface area contributed by atoms with Crippen molar-refractivity contribution < 1.29 is 42.2 Å². The number of rotatable bonds is 10. The van der Waals surface area contributed by atoms with Crippen molar-refractivity contribution >= 4 is 51.8 Å². The molecule has 5 atom stereocenters. The molecule has 3 saturated heterocycles. The fraction of sp³-hybridized carbons (Fsp3) is 0.558. The molecule has 7 heterocycles. The number of likely N-dealkylation sites (N-methyl/N-ethyl adjacent to an activating group) is 1. The Morgan fingerprint density at radius 2 is 1.89 bits per heavy atom. The molecular weight excluding hydrogens is 933 g/mol. The lowest BCUT2D eigenvalue weighted by atomic mass is 9.84. The van der Waals surface area contributed by atoms with Crippen molar-refractivity contribution in [2.75, 3.05) is 53.5 Å². The van der Waals surface area contributed by atoms with Gasteiger partial charge in [0.15, 0.2) is 6.04 Å². The monoisotopic (exact) mass is 997 g/mol. The number of nitrogens with one attached hydrogen (secondary N) is 2. The van der Waals surface area contributed by atoms with Crippen LogP contribution in [-0.4, -0.2) is 147 Å². The number of cyclic esters (lactones) is 1. The SMILES string of the molecule is CCn1c(-c2cccnc2[C@H](C)OC)c2c3cc(ccc31)-c1csc(n1)C[C@H](NC(=O)[C@H](C(F)F)N(C)C(=O)[C@H]1CCN(C(=O)C#CC(C)(C)N3CCC3)C1)C(=O)N1CCC[C@H](N1)C(=O)OCC(C)(C)C2. The van der Waals surface area contributed by atoms with E-state index >= 15 is 8.78 Å². The molecule has 4 aromatic rings. The number of carbonyl (C=O) groups is 5. The van der Waals surface area contributed by atoms with Gasteiger partial charge in [-0.15, -0.1) is 11.3 Å². The van der Waals surface area contributed by atoms with Gasteiger partial charge in [-0.05, 0) is 95.5 Å². The maximum atomic E-state index is 15.1. The quantitative estimate of drug-likeness (QED) is 0.149. The molecule has 71 heavy (non-hydrogen) atoms. The Labute approximate surface area is 417 Å². The highest BCUT2D eigenvalue weighted by Crippen LogP contribution is 2.42. The number of alkyl halides is 2. The summed E-state index contributed by atoms with van der Waals surface area (Å²) in [6, 6.07) is 5.50. The van der Waals surface area contributed by atoms with Crippen LogP contribution >= 0.6 is 11.3 Å². The van der Waals surface area contributed by atoms with Crippen LogP contribution in [0.3, 0.4) is 0 Å². The minimum atomic E-state index is -3.33. The van der Waals surface area contributed by atoms with Gasteiger partial charge in [0, 0.05) is 98.9 Å². The van der Waals surface area contributed by atoms with Gasteiger partial charge in [0.25, 0.3) is 18.2 Å². The van der Waals surface area contributed by atoms with Crippen molar-refractivity contribution in [2.24, 2.45) is 11.3 Å². The summed E-state index contributed by atoms with van der Waals surface area (Å²) >= 11 is 1.26. The number of amides is 4. The zero-order valence-corrected chi connectivity index (χ0v) is 42.7. The maximum Gasteiger partial charge on any atom is 0.324 e. The van der Waals surface area contributed by atoms with Crippen molar-refractivity contribution in [3.8, 4) is 34.4 Å². The van der Waals surface area contributed by atoms with Crippen LogP contribution in [0.2, 0.25) is 0 Å². The molecule has 4 aliphatic heterocycles. The van der Waals surface area contributed by atoms with Gasteiger partial charge in [0.2, 0.25) is 11.8 Å². The highest BCUT2D eigenvalue weighted by molar-refractivity contribution is 7.10. The van der Waals surface area contributed by atoms with Crippen LogP contribution in [0.1, 0.15) is 89.6 Å². The van der Waals surface area contributed by atoms with E-state index in [1.165, 1.54) is 21.2 Å². The first kappa shape index (κ1) is 51.5. The largest absolute Gasteiger partial charge is 0.464 e. The molecule has 380 valence electrons. The molecule has 0 saturated carbocycles. The molecule has 19 heteroatoms. The molecule has 0 unspecified atom stereocenters. The third-order valence-corrected chi connectivity index (χ3v) is 15.2. The van der Waals surface area contributed by atoms with Crippen LogP contribution in [0.5, 0.6) is 0 Å². The van der Waals surface area contributed by atoms with Gasteiger partial charge >= 0.3 is 5.97 Å². The van der Waals surface area contributed by atoms with Crippen molar-refractivity contribution in [1.82, 2.24) is 45.0 Å². The van der Waals surface area contributed by atoms with E-state index in [-0.39, 0.29) is 45.2 Å². The molecule has 0 spiro atoms. The normalized spacial score (nSPS) is 21.7. The number of benzene rings is 1. The number of carbonyl (C=O) groups excluding carboxylic acids is 5. The molecule has 1 aromatic carbocycles. The van der Waals surface area contributed by atoms with E-state index in [0.717, 1.165) is 65.5 Å². The van der Waals surface area contributed by atoms with Gasteiger partial charge in [-0.3, -0.25) is 38.9 Å². The van der Waals surface area contributed by atoms with Crippen molar-refractivity contribution in [3.05, 3.63) is 58.2 Å². The molecule has 6 bridgehead atoms. The van der Waals surface area contributed by atoms with Gasteiger partial charge in [0.05, 0.1) is 46.3 Å². The molecule has 0 aliphatic carbocycles. The molecule has 4 aliphatic rings. The van der Waals surface area contributed by atoms with Crippen molar-refractivity contribution in [3.63, 3.8) is 0 Å². The molecule has 0 radical (unpaired) electrons. The number of likely N-dealkylation sites (tertiary alicyclic amines) is 2. The predicted octanol–water partition coefficient (Wildman–Crippen LogP) is 5.63. The van der Waals surface area contributed by atoms with E-state index in [4.69, 9.17) is 19.4 Å². The number of thiazole rings is 1. The summed E-state index contributed by atoms with van der Waals surface area (Å²) in [5.41, 5.74) is 8.07. The third-order valence-electron chi connectivity index (χ3n) is 14.4. The average molecular weight is 998 g/mol. The zero-order chi connectivity index (χ0) is 50.9. The second kappa shape index (κ2) is 21.1. The van der Waals surface area contributed by atoms with Crippen LogP contribution in [0, 0.1) is 23.2 Å². The highest BCUT2D eigenvalue weighted by atomic mass is 32.1. The number of aromatic nitrogens is 3. The molecule has 16 nitrogen and oxygen atoms in total. The number of hydrogen-bond acceptors (Lipinski definition) is 12. The van der Waals surface area contributed by atoms with E-state index in [0.29, 0.717) is 41.4 Å². The Kier molecular flexibility index (Phi) is 15.3. The first-order valence-electron chi connectivity index (χ1n) is 24.5. The first-order chi connectivity index (χ1) is 33.8. The second-order valence-corrected chi connectivity index (χ2v) is 21.3. The summed E-state index contributed by atoms with van der Waals surface area (Å²) in [5, 5.41) is 7.08. The minimum Gasteiger partial charge on any atom is -0.464 e.